The Morgan fingerprint density at radius 2 is 1.41 bits per heavy atom. The minimum Gasteiger partial charge on any atom is -0.756 e. The molecule has 2 N–H and O–H groups in total. The lowest BCUT2D eigenvalue weighted by Crippen LogP contribution is -2.37. The van der Waals surface area contributed by atoms with Crippen molar-refractivity contribution < 1.29 is 57.1 Å². The number of carbonyl (C=O) groups excluding carboxylic acids is 3. The van der Waals surface area contributed by atoms with Crippen LogP contribution >= 0.6 is 7.82 Å². The summed E-state index contributed by atoms with van der Waals surface area (Å²) in [7, 11) is 0.983. The third kappa shape index (κ3) is 30.1. The highest BCUT2D eigenvalue weighted by molar-refractivity contribution is 7.45. The normalized spacial score (nSPS) is 19.8. The van der Waals surface area contributed by atoms with Gasteiger partial charge in [-0.1, -0.05) is 107 Å². The Labute approximate surface area is 356 Å². The van der Waals surface area contributed by atoms with Crippen LogP contribution in [0.15, 0.2) is 60.8 Å². The zero-order chi connectivity index (χ0) is 43.8. The number of aliphatic hydroxyl groups excluding tert-OH is 2. The van der Waals surface area contributed by atoms with Crippen LogP contribution in [-0.2, 0) is 37.5 Å². The van der Waals surface area contributed by atoms with Crippen LogP contribution in [-0.4, -0.2) is 98.2 Å². The maximum absolute atomic E-state index is 12.7. The van der Waals surface area contributed by atoms with Gasteiger partial charge in [0.25, 0.3) is 7.82 Å². The molecule has 1 aliphatic carbocycles. The number of phosphoric ester groups is 1. The minimum absolute atomic E-state index is 0.00712. The number of likely N-dealkylation sites (N-methyl/N-ethyl adjacent to an activating group) is 1. The lowest BCUT2D eigenvalue weighted by atomic mass is 9.90. The molecule has 0 aromatic heterocycles. The summed E-state index contributed by atoms with van der Waals surface area (Å²) in [5, 5.41) is 20.7. The van der Waals surface area contributed by atoms with E-state index in [0.717, 1.165) is 51.4 Å². The lowest BCUT2D eigenvalue weighted by Gasteiger charge is -2.28. The third-order valence-electron chi connectivity index (χ3n) is 9.88. The van der Waals surface area contributed by atoms with Crippen LogP contribution in [0.2, 0.25) is 0 Å². The highest BCUT2D eigenvalue weighted by Crippen LogP contribution is 2.38. The fraction of sp³-hybridized carbons (Fsp3) is 0.717. The molecule has 1 fully saturated rings. The van der Waals surface area contributed by atoms with Crippen molar-refractivity contribution >= 4 is 25.5 Å². The van der Waals surface area contributed by atoms with Gasteiger partial charge in [0.15, 0.2) is 6.10 Å². The largest absolute Gasteiger partial charge is 0.756 e. The first kappa shape index (κ1) is 54.3. The molecule has 0 radical (unpaired) electrons. The van der Waals surface area contributed by atoms with Crippen molar-refractivity contribution in [2.45, 2.75) is 154 Å². The third-order valence-corrected chi connectivity index (χ3v) is 10.8. The number of allylic oxidation sites excluding steroid dienone is 8. The number of ketones is 1. The molecule has 59 heavy (non-hydrogen) atoms. The van der Waals surface area contributed by atoms with Crippen LogP contribution < -0.4 is 4.89 Å². The van der Waals surface area contributed by atoms with E-state index < -0.39 is 44.7 Å². The van der Waals surface area contributed by atoms with Gasteiger partial charge in [0.1, 0.15) is 25.5 Å². The Balaban J connectivity index is 2.55. The quantitative estimate of drug-likeness (QED) is 0.0206. The van der Waals surface area contributed by atoms with Gasteiger partial charge in [-0.2, -0.15) is 0 Å². The van der Waals surface area contributed by atoms with E-state index in [0.29, 0.717) is 43.1 Å². The van der Waals surface area contributed by atoms with E-state index in [2.05, 4.69) is 50.3 Å². The van der Waals surface area contributed by atoms with Crippen molar-refractivity contribution in [1.29, 1.82) is 0 Å². The molecule has 0 aliphatic heterocycles. The molecule has 1 saturated carbocycles. The van der Waals surface area contributed by atoms with Gasteiger partial charge in [0, 0.05) is 31.1 Å². The summed E-state index contributed by atoms with van der Waals surface area (Å²) in [4.78, 5) is 50.2. The fourth-order valence-corrected chi connectivity index (χ4v) is 7.02. The molecular formula is C46H78NO11P. The number of ether oxygens (including phenoxy) is 2. The van der Waals surface area contributed by atoms with Crippen molar-refractivity contribution in [2.24, 2.45) is 11.8 Å². The topological polar surface area (TPSA) is 169 Å². The molecule has 0 aromatic rings. The number of esters is 2. The van der Waals surface area contributed by atoms with E-state index in [1.807, 2.05) is 33.3 Å². The lowest BCUT2D eigenvalue weighted by molar-refractivity contribution is -0.870. The summed E-state index contributed by atoms with van der Waals surface area (Å²) in [6.45, 7) is 3.71. The van der Waals surface area contributed by atoms with E-state index in [9.17, 15) is 34.1 Å². The number of hydrogen-bond acceptors (Lipinski definition) is 11. The number of aliphatic hydroxyl groups is 2. The van der Waals surface area contributed by atoms with Gasteiger partial charge >= 0.3 is 11.9 Å². The van der Waals surface area contributed by atoms with E-state index in [4.69, 9.17) is 18.5 Å². The van der Waals surface area contributed by atoms with Gasteiger partial charge in [-0.05, 0) is 70.6 Å². The average molecular weight is 852 g/mol. The molecule has 0 heterocycles. The van der Waals surface area contributed by atoms with Crippen LogP contribution in [0.5, 0.6) is 0 Å². The molecule has 0 saturated heterocycles. The maximum atomic E-state index is 12.7. The molecule has 338 valence electrons. The number of unbranched alkanes of at least 4 members (excludes halogenated alkanes) is 8. The van der Waals surface area contributed by atoms with E-state index in [1.165, 1.54) is 19.3 Å². The number of rotatable bonds is 35. The van der Waals surface area contributed by atoms with Crippen LogP contribution in [0.3, 0.4) is 0 Å². The molecule has 6 atom stereocenters. The Hall–Kier alpha value is -2.70. The van der Waals surface area contributed by atoms with Gasteiger partial charge in [-0.25, -0.2) is 0 Å². The molecule has 1 rings (SSSR count). The molecule has 0 spiro atoms. The smallest absolute Gasteiger partial charge is 0.306 e. The Morgan fingerprint density at radius 3 is 2.07 bits per heavy atom. The van der Waals surface area contributed by atoms with Gasteiger partial charge < -0.3 is 38.1 Å². The standard InChI is InChI=1S/C46H78NO11P/c1-6-8-10-11-12-13-14-15-16-17-18-19-20-21-27-31-46(52)58-40(38-57-59(53,54)56-35-34-47(3,4)5)37-55-45(51)30-26-23-22-25-29-41-42(44(50)36-43(41)49)33-32-39(48)28-24-9-7-2/h12-13,15-16,18-19,22,25,32-33,39-42,44,48,50H,6-11,14,17,20-21,23-24,26-31,34-38H2,1-5H3/b13-12-,16-15-,19-18-,25-22-,33-32+/t39-,40+,41+,42+,44+/m0/s1. The summed E-state index contributed by atoms with van der Waals surface area (Å²) in [6, 6.07) is 0. The SMILES string of the molecule is CCCCC/C=C\C/C=C\C/C=C\CCCCC(=O)O[C@H](COC(=O)CCC/C=C\C[C@H]1C(=O)C[C@@H](O)[C@@H]1/C=C/[C@@H](O)CCCCC)COP(=O)([O-])OCC[N+](C)(C)C. The summed E-state index contributed by atoms with van der Waals surface area (Å²) in [5.74, 6) is -1.81. The monoisotopic (exact) mass is 852 g/mol. The van der Waals surface area contributed by atoms with Crippen LogP contribution in [0.25, 0.3) is 0 Å². The fourth-order valence-electron chi connectivity index (χ4n) is 6.29. The van der Waals surface area contributed by atoms with Crippen LogP contribution in [0, 0.1) is 11.8 Å². The van der Waals surface area contributed by atoms with Gasteiger partial charge in [-0.15, -0.1) is 0 Å². The second-order valence-electron chi connectivity index (χ2n) is 16.5. The van der Waals surface area contributed by atoms with Crippen molar-refractivity contribution in [3.63, 3.8) is 0 Å². The molecule has 0 amide bonds. The number of carbonyl (C=O) groups is 3. The second-order valence-corrected chi connectivity index (χ2v) is 17.9. The van der Waals surface area contributed by atoms with E-state index in [-0.39, 0.29) is 50.1 Å². The molecule has 0 aromatic carbocycles. The molecule has 0 bridgehead atoms. The first-order valence-corrected chi connectivity index (χ1v) is 23.6. The second kappa shape index (κ2) is 33.0. The van der Waals surface area contributed by atoms with E-state index >= 15 is 0 Å². The molecule has 1 aliphatic rings. The summed E-state index contributed by atoms with van der Waals surface area (Å²) in [5.41, 5.74) is 0. The molecular weight excluding hydrogens is 773 g/mol. The average Bonchev–Trinajstić information content (AvgIpc) is 3.44. The van der Waals surface area contributed by atoms with Gasteiger partial charge in [-0.3, -0.25) is 18.9 Å². The predicted octanol–water partition coefficient (Wildman–Crippen LogP) is 8.42. The number of quaternary nitrogens is 1. The predicted molar refractivity (Wildman–Crippen MR) is 232 cm³/mol. The zero-order valence-electron chi connectivity index (χ0n) is 36.9. The number of Topliss-reactive ketones (excluding diaryl/α,β-unsaturated/α-hetero) is 1. The van der Waals surface area contributed by atoms with Gasteiger partial charge in [0.05, 0.1) is 40.0 Å². The molecule has 13 heteroatoms. The van der Waals surface area contributed by atoms with Crippen molar-refractivity contribution in [2.75, 3.05) is 47.5 Å². The van der Waals surface area contributed by atoms with Crippen molar-refractivity contribution in [3.05, 3.63) is 60.8 Å². The number of nitrogens with zero attached hydrogens (tertiary/aromatic N) is 1. The highest BCUT2D eigenvalue weighted by atomic mass is 31.2. The van der Waals surface area contributed by atoms with Crippen LogP contribution in [0.4, 0.5) is 0 Å². The zero-order valence-corrected chi connectivity index (χ0v) is 37.8. The van der Waals surface area contributed by atoms with Gasteiger partial charge in [0.2, 0.25) is 0 Å². The first-order valence-electron chi connectivity index (χ1n) is 22.1. The Kier molecular flexibility index (Phi) is 30.4. The first-order chi connectivity index (χ1) is 28.2. The summed E-state index contributed by atoms with van der Waals surface area (Å²) < 4.78 is 33.7. The van der Waals surface area contributed by atoms with Crippen molar-refractivity contribution in [1.82, 2.24) is 0 Å². The van der Waals surface area contributed by atoms with Crippen molar-refractivity contribution in [3.8, 4) is 0 Å². The summed E-state index contributed by atoms with van der Waals surface area (Å²) >= 11 is 0. The minimum atomic E-state index is -4.70. The Bertz CT molecular complexity index is 1350. The number of hydrogen-bond donors (Lipinski definition) is 2. The number of phosphoric acid groups is 1. The highest BCUT2D eigenvalue weighted by Gasteiger charge is 2.39. The Morgan fingerprint density at radius 1 is 0.814 bits per heavy atom. The van der Waals surface area contributed by atoms with E-state index in [1.54, 1.807) is 12.2 Å². The van der Waals surface area contributed by atoms with Crippen LogP contribution in [0.1, 0.15) is 136 Å². The maximum Gasteiger partial charge on any atom is 0.306 e. The summed E-state index contributed by atoms with van der Waals surface area (Å²) in [6.07, 6.45) is 31.9. The molecule has 1 unspecified atom stereocenters. The molecule has 12 nitrogen and oxygen atoms in total.